The molecule has 1 aliphatic heterocycles. The first-order valence-electron chi connectivity index (χ1n) is 13.7. The molecule has 2 aliphatic carbocycles. The highest BCUT2D eigenvalue weighted by molar-refractivity contribution is 6.04. The van der Waals surface area contributed by atoms with Crippen LogP contribution in [0.25, 0.3) is 6.08 Å². The van der Waals surface area contributed by atoms with E-state index < -0.39 is 25.4 Å². The number of rotatable bonds is 7. The van der Waals surface area contributed by atoms with Crippen molar-refractivity contribution in [1.29, 1.82) is 0 Å². The minimum absolute atomic E-state index is 0.0630. The molecule has 5 rings (SSSR count). The molecule has 3 aliphatic rings. The summed E-state index contributed by atoms with van der Waals surface area (Å²) in [6.07, 6.45) is 4.81. The Morgan fingerprint density at radius 1 is 1.19 bits per heavy atom. The van der Waals surface area contributed by atoms with Gasteiger partial charge in [-0.3, -0.25) is 24.5 Å². The average molecular weight is 436 g/mol. The first-order valence-corrected chi connectivity index (χ1v) is 11.2. The van der Waals surface area contributed by atoms with Crippen LogP contribution in [0.3, 0.4) is 0 Å². The molecule has 0 N–H and O–H groups in total. The molecule has 6 nitrogen and oxygen atoms in total. The van der Waals surface area contributed by atoms with Crippen LogP contribution >= 0.6 is 0 Å². The van der Waals surface area contributed by atoms with Gasteiger partial charge < -0.3 is 4.90 Å². The number of hydrogen-bond donors (Lipinski definition) is 0. The molecule has 0 amide bonds. The Bertz CT molecular complexity index is 1230. The van der Waals surface area contributed by atoms with Crippen molar-refractivity contribution in [3.05, 3.63) is 58.7 Å². The van der Waals surface area contributed by atoms with E-state index in [2.05, 4.69) is 25.8 Å². The van der Waals surface area contributed by atoms with Crippen molar-refractivity contribution in [3.8, 4) is 0 Å². The molecule has 0 spiro atoms. The molecular weight excluding hydrogens is 400 g/mol. The second-order valence-electron chi connectivity index (χ2n) is 8.80. The summed E-state index contributed by atoms with van der Waals surface area (Å²) < 4.78 is 37.1. The van der Waals surface area contributed by atoms with Gasteiger partial charge in [0, 0.05) is 64.2 Å². The van der Waals surface area contributed by atoms with Crippen LogP contribution in [0.1, 0.15) is 66.7 Å². The van der Waals surface area contributed by atoms with E-state index in [1.54, 1.807) is 12.3 Å². The molecule has 0 radical (unpaired) electrons. The Morgan fingerprint density at radius 3 is 2.75 bits per heavy atom. The van der Waals surface area contributed by atoms with Gasteiger partial charge in [0.15, 0.2) is 11.6 Å². The highest BCUT2D eigenvalue weighted by Gasteiger charge is 2.33. The molecule has 2 fully saturated rings. The van der Waals surface area contributed by atoms with E-state index in [1.807, 2.05) is 12.3 Å². The zero-order valence-corrected chi connectivity index (χ0v) is 18.0. The summed E-state index contributed by atoms with van der Waals surface area (Å²) in [5.74, 6) is 0.0506. The van der Waals surface area contributed by atoms with Crippen molar-refractivity contribution in [2.75, 3.05) is 31.1 Å². The Kier molecular flexibility index (Phi) is 4.43. The summed E-state index contributed by atoms with van der Waals surface area (Å²) >= 11 is 0. The number of nitrogens with zero attached hydrogens (tertiary/aromatic N) is 4. The zero-order chi connectivity index (χ0) is 26.4. The van der Waals surface area contributed by atoms with Crippen molar-refractivity contribution in [2.45, 2.75) is 45.5 Å². The van der Waals surface area contributed by atoms with Gasteiger partial charge in [-0.25, -0.2) is 0 Å². The third-order valence-electron chi connectivity index (χ3n) is 6.47. The maximum absolute atomic E-state index is 12.5. The van der Waals surface area contributed by atoms with E-state index >= 15 is 0 Å². The quantitative estimate of drug-likeness (QED) is 0.618. The Labute approximate surface area is 196 Å². The van der Waals surface area contributed by atoms with Gasteiger partial charge in [-0.1, -0.05) is 12.9 Å². The molecule has 1 saturated carbocycles. The van der Waals surface area contributed by atoms with Crippen molar-refractivity contribution in [2.24, 2.45) is 5.92 Å². The molecule has 166 valence electrons. The van der Waals surface area contributed by atoms with Crippen LogP contribution < -0.4 is 4.90 Å². The molecule has 2 aromatic rings. The number of anilines is 1. The molecule has 6 heteroatoms. The topological polar surface area (TPSA) is 66.4 Å². The molecule has 0 atom stereocenters. The van der Waals surface area contributed by atoms with Gasteiger partial charge in [-0.05, 0) is 54.5 Å². The molecule has 3 heterocycles. The lowest BCUT2D eigenvalue weighted by molar-refractivity contribution is -0.115. The molecule has 0 aromatic carbocycles. The smallest absolute Gasteiger partial charge is 0.181 e. The Morgan fingerprint density at radius 2 is 2.03 bits per heavy atom. The second kappa shape index (κ2) is 8.94. The van der Waals surface area contributed by atoms with E-state index in [0.29, 0.717) is 12.3 Å². The lowest BCUT2D eigenvalue weighted by Gasteiger charge is -2.36. The molecule has 1 saturated heterocycles. The van der Waals surface area contributed by atoms with Crippen LogP contribution in [0.2, 0.25) is 0 Å². The maximum Gasteiger partial charge on any atom is 0.181 e. The van der Waals surface area contributed by atoms with E-state index in [-0.39, 0.29) is 11.5 Å². The SMILES string of the molecule is [2H]C([2H])([2H])C([2H])([2H])CC(=O)c1ccc(N2CCN(Cc3cnc4c(c3)CC(=O)C(C3CC3)=C4)CC2)cn1. The first-order chi connectivity index (χ1) is 17.5. The summed E-state index contributed by atoms with van der Waals surface area (Å²) in [5, 5.41) is 0. The lowest BCUT2D eigenvalue weighted by Crippen LogP contribution is -2.46. The number of piperazine rings is 1. The molecule has 2 aromatic heterocycles. The second-order valence-corrected chi connectivity index (χ2v) is 8.80. The van der Waals surface area contributed by atoms with Crippen molar-refractivity contribution < 1.29 is 16.4 Å². The third kappa shape index (κ3) is 4.51. The standard InChI is InChI=1S/C26H30N4O2/c1-2-3-25(31)23-7-6-21(16-28-23)30-10-8-29(9-11-30)17-18-12-20-13-26(32)22(19-4-5-19)14-24(20)27-15-18/h6-7,12,14-16,19H,2-5,8-11,13,17H2,1H3/i1D3,2D2. The highest BCUT2D eigenvalue weighted by Crippen LogP contribution is 2.40. The van der Waals surface area contributed by atoms with Gasteiger partial charge in [0.25, 0.3) is 0 Å². The predicted octanol–water partition coefficient (Wildman–Crippen LogP) is 3.70. The maximum atomic E-state index is 12.5. The van der Waals surface area contributed by atoms with Crippen LogP contribution in [0.4, 0.5) is 5.69 Å². The number of aromatic nitrogens is 2. The van der Waals surface area contributed by atoms with E-state index in [0.717, 1.165) is 73.6 Å². The molecule has 0 unspecified atom stereocenters. The number of hydrogen-bond acceptors (Lipinski definition) is 6. The zero-order valence-electron chi connectivity index (χ0n) is 23.0. The third-order valence-corrected chi connectivity index (χ3v) is 6.47. The lowest BCUT2D eigenvalue weighted by atomic mass is 9.91. The van der Waals surface area contributed by atoms with Gasteiger partial charge in [0.05, 0.1) is 17.6 Å². The van der Waals surface area contributed by atoms with Gasteiger partial charge in [0.1, 0.15) is 5.69 Å². The number of carbonyl (C=O) groups excluding carboxylic acids is 2. The summed E-state index contributed by atoms with van der Waals surface area (Å²) in [6.45, 7) is 1.12. The van der Waals surface area contributed by atoms with Crippen LogP contribution in [-0.2, 0) is 17.8 Å². The summed E-state index contributed by atoms with van der Waals surface area (Å²) in [6, 6.07) is 5.42. The van der Waals surface area contributed by atoms with Crippen LogP contribution in [0.5, 0.6) is 0 Å². The number of ketones is 2. The monoisotopic (exact) mass is 435 g/mol. The van der Waals surface area contributed by atoms with E-state index in [1.165, 1.54) is 6.07 Å². The number of allylic oxidation sites excluding steroid dienone is 1. The normalized spacial score (nSPS) is 22.1. The van der Waals surface area contributed by atoms with Crippen molar-refractivity contribution in [1.82, 2.24) is 14.9 Å². The number of carbonyl (C=O) groups is 2. The minimum Gasteiger partial charge on any atom is -0.368 e. The van der Waals surface area contributed by atoms with Crippen molar-refractivity contribution >= 4 is 23.3 Å². The van der Waals surface area contributed by atoms with Crippen LogP contribution in [0.15, 0.2) is 36.2 Å². The highest BCUT2D eigenvalue weighted by atomic mass is 16.1. The van der Waals surface area contributed by atoms with Gasteiger partial charge >= 0.3 is 0 Å². The van der Waals surface area contributed by atoms with E-state index in [4.69, 9.17) is 6.85 Å². The summed E-state index contributed by atoms with van der Waals surface area (Å²) in [5.41, 5.74) is 4.92. The van der Waals surface area contributed by atoms with Crippen molar-refractivity contribution in [3.63, 3.8) is 0 Å². The fraction of sp³-hybridized carbons (Fsp3) is 0.462. The average Bonchev–Trinajstić information content (AvgIpc) is 3.69. The Balaban J connectivity index is 1.15. The van der Waals surface area contributed by atoms with Gasteiger partial charge in [0.2, 0.25) is 0 Å². The van der Waals surface area contributed by atoms with Gasteiger partial charge in [-0.2, -0.15) is 0 Å². The number of Topliss-reactive ketones (excluding diaryl/α,β-unsaturated/α-hetero) is 2. The molecular formula is C26H30N4O2. The molecule has 0 bridgehead atoms. The number of pyridine rings is 2. The summed E-state index contributed by atoms with van der Waals surface area (Å²) in [7, 11) is 0. The fourth-order valence-electron chi connectivity index (χ4n) is 4.50. The van der Waals surface area contributed by atoms with Gasteiger partial charge in [-0.15, -0.1) is 0 Å². The largest absolute Gasteiger partial charge is 0.368 e. The number of fused-ring (bicyclic) bond motifs is 1. The first kappa shape index (κ1) is 15.9. The predicted molar refractivity (Wildman–Crippen MR) is 125 cm³/mol. The van der Waals surface area contributed by atoms with Crippen LogP contribution in [-0.4, -0.2) is 52.6 Å². The van der Waals surface area contributed by atoms with E-state index in [9.17, 15) is 9.59 Å². The Hall–Kier alpha value is -2.86. The minimum atomic E-state index is -2.87. The van der Waals surface area contributed by atoms with Crippen LogP contribution in [0, 0.1) is 5.92 Å². The molecule has 32 heavy (non-hydrogen) atoms. The summed E-state index contributed by atoms with van der Waals surface area (Å²) in [4.78, 5) is 38.2. The fourth-order valence-corrected chi connectivity index (χ4v) is 4.50.